The van der Waals surface area contributed by atoms with Gasteiger partial charge in [0.15, 0.2) is 6.10 Å². The Kier molecular flexibility index (Phi) is 53.8. The maximum Gasteiger partial charge on any atom is 0.306 e. The van der Waals surface area contributed by atoms with Gasteiger partial charge in [0.05, 0.1) is 6.61 Å². The highest BCUT2D eigenvalue weighted by Crippen LogP contribution is 2.17. The van der Waals surface area contributed by atoms with Gasteiger partial charge in [-0.2, -0.15) is 0 Å². The number of hydrogen-bond acceptors (Lipinski definition) is 5. The molecule has 0 heterocycles. The van der Waals surface area contributed by atoms with Gasteiger partial charge in [-0.05, 0) is 51.4 Å². The van der Waals surface area contributed by atoms with Crippen LogP contribution in [0.15, 0.2) is 36.5 Å². The molecule has 0 aliphatic carbocycles. The molecule has 0 saturated carbocycles. The number of ether oxygens (including phenoxy) is 2. The van der Waals surface area contributed by atoms with E-state index in [1.54, 1.807) is 0 Å². The van der Waals surface area contributed by atoms with Crippen molar-refractivity contribution in [1.29, 1.82) is 0 Å². The quantitative estimate of drug-likeness (QED) is 0.0374. The highest BCUT2D eigenvalue weighted by Gasteiger charge is 2.16. The Morgan fingerprint density at radius 2 is 0.625 bits per heavy atom. The lowest BCUT2D eigenvalue weighted by molar-refractivity contribution is -0.161. The molecular formula is C59H110O5. The van der Waals surface area contributed by atoms with Crippen LogP contribution in [0.3, 0.4) is 0 Å². The van der Waals surface area contributed by atoms with E-state index >= 15 is 0 Å². The zero-order valence-electron chi connectivity index (χ0n) is 43.1. The topological polar surface area (TPSA) is 72.8 Å². The second-order valence-corrected chi connectivity index (χ2v) is 19.4. The highest BCUT2D eigenvalue weighted by atomic mass is 16.6. The molecule has 1 N–H and O–H groups in total. The molecule has 0 bridgehead atoms. The molecule has 0 fully saturated rings. The molecule has 0 amide bonds. The lowest BCUT2D eigenvalue weighted by Crippen LogP contribution is -2.28. The van der Waals surface area contributed by atoms with E-state index in [1.807, 2.05) is 0 Å². The van der Waals surface area contributed by atoms with Gasteiger partial charge in [0.1, 0.15) is 6.61 Å². The summed E-state index contributed by atoms with van der Waals surface area (Å²) in [6.07, 6.45) is 71.3. The first-order valence-corrected chi connectivity index (χ1v) is 28.5. The molecule has 0 aromatic heterocycles. The molecular weight excluding hydrogens is 789 g/mol. The molecule has 0 aliphatic heterocycles. The lowest BCUT2D eigenvalue weighted by Gasteiger charge is -2.15. The molecule has 0 radical (unpaired) electrons. The van der Waals surface area contributed by atoms with Gasteiger partial charge in [-0.15, -0.1) is 0 Å². The standard InChI is InChI=1S/C59H110O5/c1-3-5-7-9-11-13-15-17-19-21-23-24-25-26-27-28-29-30-31-32-33-34-36-37-39-41-43-45-47-49-51-53-58(61)63-56-57(55-60)64-59(62)54-52-50-48-46-44-42-40-38-35-22-20-18-16-14-12-10-8-6-4-2/h12,14,18,20,35,38,57,60H,3-11,13,15-17,19,21-34,36-37,39-56H2,1-2H3/b14-12-,20-18-,38-35-. The summed E-state index contributed by atoms with van der Waals surface area (Å²) in [5.74, 6) is -0.591. The first-order valence-electron chi connectivity index (χ1n) is 28.5. The van der Waals surface area contributed by atoms with Gasteiger partial charge in [-0.1, -0.05) is 281 Å². The summed E-state index contributed by atoms with van der Waals surface area (Å²) in [7, 11) is 0. The smallest absolute Gasteiger partial charge is 0.306 e. The summed E-state index contributed by atoms with van der Waals surface area (Å²) in [5, 5.41) is 9.64. The minimum atomic E-state index is -0.777. The molecule has 5 nitrogen and oxygen atoms in total. The van der Waals surface area contributed by atoms with E-state index in [0.717, 1.165) is 57.8 Å². The summed E-state index contributed by atoms with van der Waals surface area (Å²) in [6, 6.07) is 0. The van der Waals surface area contributed by atoms with Gasteiger partial charge >= 0.3 is 11.9 Å². The number of carbonyl (C=O) groups excluding carboxylic acids is 2. The molecule has 376 valence electrons. The molecule has 5 heteroatoms. The molecule has 1 atom stereocenters. The van der Waals surface area contributed by atoms with Crippen molar-refractivity contribution >= 4 is 11.9 Å². The molecule has 1 unspecified atom stereocenters. The summed E-state index contributed by atoms with van der Waals surface area (Å²) < 4.78 is 10.7. The molecule has 0 saturated heterocycles. The van der Waals surface area contributed by atoms with Crippen LogP contribution in [0.2, 0.25) is 0 Å². The Labute approximate surface area is 399 Å². The van der Waals surface area contributed by atoms with E-state index in [2.05, 4.69) is 50.3 Å². The number of carbonyl (C=O) groups is 2. The van der Waals surface area contributed by atoms with Crippen LogP contribution >= 0.6 is 0 Å². The second kappa shape index (κ2) is 55.4. The highest BCUT2D eigenvalue weighted by molar-refractivity contribution is 5.70. The number of unbranched alkanes of at least 4 members (excludes halogenated alkanes) is 39. The molecule has 0 aromatic carbocycles. The van der Waals surface area contributed by atoms with E-state index < -0.39 is 6.10 Å². The van der Waals surface area contributed by atoms with Gasteiger partial charge in [0.2, 0.25) is 0 Å². The van der Waals surface area contributed by atoms with Crippen LogP contribution in [0.5, 0.6) is 0 Å². The van der Waals surface area contributed by atoms with Gasteiger partial charge in [0, 0.05) is 12.8 Å². The average Bonchev–Trinajstić information content (AvgIpc) is 3.30. The zero-order valence-corrected chi connectivity index (χ0v) is 43.1. The number of allylic oxidation sites excluding steroid dienone is 6. The van der Waals surface area contributed by atoms with Crippen LogP contribution in [-0.4, -0.2) is 36.4 Å². The van der Waals surface area contributed by atoms with Gasteiger partial charge in [0.25, 0.3) is 0 Å². The van der Waals surface area contributed by atoms with Crippen molar-refractivity contribution < 1.29 is 24.2 Å². The summed E-state index contributed by atoms with van der Waals surface area (Å²) in [6.45, 7) is 4.14. The third kappa shape index (κ3) is 52.7. The Balaban J connectivity index is 3.42. The maximum absolute atomic E-state index is 12.3. The molecule has 0 spiro atoms. The normalized spacial score (nSPS) is 12.4. The third-order valence-corrected chi connectivity index (χ3v) is 12.9. The predicted molar refractivity (Wildman–Crippen MR) is 279 cm³/mol. The van der Waals surface area contributed by atoms with Crippen LogP contribution in [0.4, 0.5) is 0 Å². The fraction of sp³-hybridized carbons (Fsp3) is 0.864. The van der Waals surface area contributed by atoms with Gasteiger partial charge in [-0.25, -0.2) is 0 Å². The lowest BCUT2D eigenvalue weighted by atomic mass is 10.0. The fourth-order valence-electron chi connectivity index (χ4n) is 8.62. The van der Waals surface area contributed by atoms with Crippen molar-refractivity contribution in [2.45, 2.75) is 315 Å². The van der Waals surface area contributed by atoms with E-state index in [9.17, 15) is 14.7 Å². The number of aliphatic hydroxyl groups excluding tert-OH is 1. The fourth-order valence-corrected chi connectivity index (χ4v) is 8.62. The number of rotatable bonds is 53. The maximum atomic E-state index is 12.3. The van der Waals surface area contributed by atoms with E-state index in [4.69, 9.17) is 9.47 Å². The zero-order chi connectivity index (χ0) is 46.3. The van der Waals surface area contributed by atoms with Crippen LogP contribution in [0.25, 0.3) is 0 Å². The Bertz CT molecular complexity index is 1020. The monoisotopic (exact) mass is 899 g/mol. The van der Waals surface area contributed by atoms with E-state index in [1.165, 1.54) is 225 Å². The van der Waals surface area contributed by atoms with Crippen LogP contribution in [0.1, 0.15) is 309 Å². The van der Waals surface area contributed by atoms with E-state index in [-0.39, 0.29) is 25.2 Å². The van der Waals surface area contributed by atoms with Gasteiger partial charge < -0.3 is 14.6 Å². The van der Waals surface area contributed by atoms with Crippen LogP contribution in [-0.2, 0) is 19.1 Å². The minimum Gasteiger partial charge on any atom is -0.462 e. The van der Waals surface area contributed by atoms with E-state index in [0.29, 0.717) is 12.8 Å². The van der Waals surface area contributed by atoms with Crippen molar-refractivity contribution in [2.24, 2.45) is 0 Å². The Morgan fingerprint density at radius 1 is 0.359 bits per heavy atom. The largest absolute Gasteiger partial charge is 0.462 e. The van der Waals surface area contributed by atoms with Crippen molar-refractivity contribution in [3.05, 3.63) is 36.5 Å². The molecule has 0 aliphatic rings. The minimum absolute atomic E-state index is 0.0675. The second-order valence-electron chi connectivity index (χ2n) is 19.4. The summed E-state index contributed by atoms with van der Waals surface area (Å²) in [4.78, 5) is 24.5. The van der Waals surface area contributed by atoms with Crippen molar-refractivity contribution in [1.82, 2.24) is 0 Å². The third-order valence-electron chi connectivity index (χ3n) is 12.9. The number of hydrogen-bond donors (Lipinski definition) is 1. The summed E-state index contributed by atoms with van der Waals surface area (Å²) in [5.41, 5.74) is 0. The first kappa shape index (κ1) is 62.1. The number of esters is 2. The average molecular weight is 900 g/mol. The first-order chi connectivity index (χ1) is 31.6. The predicted octanol–water partition coefficient (Wildman–Crippen LogP) is 19.1. The molecule has 64 heavy (non-hydrogen) atoms. The van der Waals surface area contributed by atoms with Crippen molar-refractivity contribution in [3.8, 4) is 0 Å². The SMILES string of the molecule is CCCCC/C=C\C/C=C\C/C=C\CCCCCCCCC(=O)OC(CO)COC(=O)CCCCCCCCCCCCCCCCCCCCCCCCCCCCCCCCC. The number of aliphatic hydroxyl groups is 1. The Hall–Kier alpha value is -1.88. The Morgan fingerprint density at radius 3 is 0.969 bits per heavy atom. The van der Waals surface area contributed by atoms with Crippen molar-refractivity contribution in [3.63, 3.8) is 0 Å². The van der Waals surface area contributed by atoms with Crippen LogP contribution in [0, 0.1) is 0 Å². The van der Waals surface area contributed by atoms with Crippen molar-refractivity contribution in [2.75, 3.05) is 13.2 Å². The molecule has 0 rings (SSSR count). The van der Waals surface area contributed by atoms with Crippen LogP contribution < -0.4 is 0 Å². The summed E-state index contributed by atoms with van der Waals surface area (Å²) >= 11 is 0. The van der Waals surface area contributed by atoms with Gasteiger partial charge in [-0.3, -0.25) is 9.59 Å². The molecule has 0 aromatic rings.